The Balaban J connectivity index is 2.63. The molecule has 2 heterocycles. The van der Waals surface area contributed by atoms with E-state index in [1.807, 2.05) is 19.9 Å². The number of aromatic nitrogens is 5. The average Bonchev–Trinajstić information content (AvgIpc) is 2.52. The molecule has 0 aromatic carbocycles. The van der Waals surface area contributed by atoms with Gasteiger partial charge in [-0.2, -0.15) is 4.68 Å². The van der Waals surface area contributed by atoms with Crippen molar-refractivity contribution in [1.29, 1.82) is 0 Å². The van der Waals surface area contributed by atoms with Crippen LogP contribution in [0.15, 0.2) is 16.9 Å². The minimum absolute atomic E-state index is 0.362. The molecule has 2 rings (SSSR count). The van der Waals surface area contributed by atoms with Gasteiger partial charge in [0.05, 0.1) is 11.4 Å². The minimum atomic E-state index is -0.362. The number of H-pyrrole nitrogens is 1. The second-order valence-electron chi connectivity index (χ2n) is 2.98. The molecule has 6 heteroatoms. The van der Waals surface area contributed by atoms with Crippen molar-refractivity contribution in [1.82, 2.24) is 25.2 Å². The Morgan fingerprint density at radius 1 is 1.36 bits per heavy atom. The predicted molar refractivity (Wildman–Crippen MR) is 49.2 cm³/mol. The maximum Gasteiger partial charge on any atom is 0.365 e. The molecule has 0 bridgehead atoms. The molecule has 0 fully saturated rings. The summed E-state index contributed by atoms with van der Waals surface area (Å²) >= 11 is 0. The molecule has 0 radical (unpaired) electrons. The van der Waals surface area contributed by atoms with Gasteiger partial charge in [0.25, 0.3) is 0 Å². The van der Waals surface area contributed by atoms with Gasteiger partial charge in [-0.15, -0.1) is 0 Å². The van der Waals surface area contributed by atoms with Crippen LogP contribution in [0.5, 0.6) is 0 Å². The molecule has 6 nitrogen and oxygen atoms in total. The molecule has 72 valence electrons. The third-order valence-electron chi connectivity index (χ3n) is 1.90. The molecule has 0 amide bonds. The van der Waals surface area contributed by atoms with Gasteiger partial charge in [-0.25, -0.2) is 9.89 Å². The van der Waals surface area contributed by atoms with E-state index in [4.69, 9.17) is 0 Å². The molecule has 0 spiro atoms. The molecular formula is C8H9N5O. The number of aryl methyl sites for hydroxylation is 2. The van der Waals surface area contributed by atoms with Gasteiger partial charge in [-0.05, 0) is 36.4 Å². The second kappa shape index (κ2) is 3.06. The number of tetrazole rings is 1. The van der Waals surface area contributed by atoms with Gasteiger partial charge in [0, 0.05) is 5.69 Å². The topological polar surface area (TPSA) is 76.5 Å². The normalized spacial score (nSPS) is 10.4. The zero-order valence-electron chi connectivity index (χ0n) is 7.85. The summed E-state index contributed by atoms with van der Waals surface area (Å²) in [5, 5.41) is 9.27. The maximum absolute atomic E-state index is 11.2. The highest BCUT2D eigenvalue weighted by molar-refractivity contribution is 5.34. The zero-order valence-corrected chi connectivity index (χ0v) is 7.85. The van der Waals surface area contributed by atoms with Crippen LogP contribution < -0.4 is 5.69 Å². The Kier molecular flexibility index (Phi) is 1.88. The van der Waals surface area contributed by atoms with E-state index in [1.165, 1.54) is 4.68 Å². The first kappa shape index (κ1) is 8.61. The van der Waals surface area contributed by atoms with Crippen molar-refractivity contribution in [3.8, 4) is 5.69 Å². The Morgan fingerprint density at radius 3 is 2.71 bits per heavy atom. The largest absolute Gasteiger partial charge is 0.365 e. The molecule has 0 saturated carbocycles. The summed E-state index contributed by atoms with van der Waals surface area (Å²) in [6.45, 7) is 3.71. The highest BCUT2D eigenvalue weighted by atomic mass is 16.2. The molecule has 0 atom stereocenters. The molecule has 2 aromatic heterocycles. The highest BCUT2D eigenvalue weighted by Gasteiger charge is 2.06. The van der Waals surface area contributed by atoms with E-state index in [0.717, 1.165) is 11.4 Å². The van der Waals surface area contributed by atoms with Crippen LogP contribution in [0.4, 0.5) is 0 Å². The number of pyridine rings is 1. The zero-order chi connectivity index (χ0) is 10.1. The summed E-state index contributed by atoms with van der Waals surface area (Å²) in [7, 11) is 0. The highest BCUT2D eigenvalue weighted by Crippen LogP contribution is 2.08. The third kappa shape index (κ3) is 1.30. The van der Waals surface area contributed by atoms with E-state index >= 15 is 0 Å². The van der Waals surface area contributed by atoms with Crippen LogP contribution in [0.1, 0.15) is 11.4 Å². The van der Waals surface area contributed by atoms with Crippen molar-refractivity contribution in [2.75, 3.05) is 0 Å². The number of aromatic amines is 1. The molecule has 0 aliphatic heterocycles. The van der Waals surface area contributed by atoms with E-state index in [9.17, 15) is 4.79 Å². The van der Waals surface area contributed by atoms with E-state index < -0.39 is 0 Å². The van der Waals surface area contributed by atoms with Gasteiger partial charge in [0.1, 0.15) is 0 Å². The van der Waals surface area contributed by atoms with E-state index in [1.54, 1.807) is 6.07 Å². The van der Waals surface area contributed by atoms with Crippen molar-refractivity contribution in [3.63, 3.8) is 0 Å². The average molecular weight is 191 g/mol. The van der Waals surface area contributed by atoms with E-state index in [2.05, 4.69) is 20.5 Å². The molecule has 0 aliphatic carbocycles. The molecule has 0 aliphatic rings. The third-order valence-corrected chi connectivity index (χ3v) is 1.90. The summed E-state index contributed by atoms with van der Waals surface area (Å²) in [6, 6.07) is 3.62. The first-order chi connectivity index (χ1) is 6.68. The summed E-state index contributed by atoms with van der Waals surface area (Å²) < 4.78 is 1.18. The van der Waals surface area contributed by atoms with Crippen molar-refractivity contribution in [3.05, 3.63) is 34.0 Å². The van der Waals surface area contributed by atoms with Gasteiger partial charge < -0.3 is 0 Å². The van der Waals surface area contributed by atoms with Crippen LogP contribution >= 0.6 is 0 Å². The lowest BCUT2D eigenvalue weighted by atomic mass is 10.3. The lowest BCUT2D eigenvalue weighted by Gasteiger charge is -2.02. The fourth-order valence-corrected chi connectivity index (χ4v) is 1.26. The fraction of sp³-hybridized carbons (Fsp3) is 0.250. The van der Waals surface area contributed by atoms with E-state index in [-0.39, 0.29) is 5.69 Å². The van der Waals surface area contributed by atoms with Crippen molar-refractivity contribution in [2.24, 2.45) is 0 Å². The number of nitrogens with zero attached hydrogens (tertiary/aromatic N) is 4. The lowest BCUT2D eigenvalue weighted by molar-refractivity contribution is 0.769. The van der Waals surface area contributed by atoms with Crippen LogP contribution in [0, 0.1) is 13.8 Å². The SMILES string of the molecule is Cc1ccc(-n2nn[nH]c2=O)c(C)n1. The summed E-state index contributed by atoms with van der Waals surface area (Å²) in [5.41, 5.74) is 1.94. The second-order valence-corrected chi connectivity index (χ2v) is 2.98. The molecular weight excluding hydrogens is 182 g/mol. The Bertz CT molecular complexity index is 512. The number of nitrogens with one attached hydrogen (secondary N) is 1. The first-order valence-electron chi connectivity index (χ1n) is 4.13. The summed E-state index contributed by atoms with van der Waals surface area (Å²) in [5.74, 6) is 0. The van der Waals surface area contributed by atoms with Crippen molar-refractivity contribution < 1.29 is 0 Å². The monoisotopic (exact) mass is 191 g/mol. The Labute approximate surface area is 79.6 Å². The Hall–Kier alpha value is -1.98. The van der Waals surface area contributed by atoms with Crippen LogP contribution in [0.25, 0.3) is 5.69 Å². The standard InChI is InChI=1S/C8H9N5O/c1-5-3-4-7(6(2)9-5)13-8(14)10-11-12-13/h3-4H,1-2H3,(H,10,12,14). The number of hydrogen-bond donors (Lipinski definition) is 1. The minimum Gasteiger partial charge on any atom is -0.256 e. The number of rotatable bonds is 1. The van der Waals surface area contributed by atoms with Crippen LogP contribution in [0.3, 0.4) is 0 Å². The summed E-state index contributed by atoms with van der Waals surface area (Å²) in [4.78, 5) is 15.4. The lowest BCUT2D eigenvalue weighted by Crippen LogP contribution is -2.17. The van der Waals surface area contributed by atoms with Gasteiger partial charge in [-0.3, -0.25) is 4.98 Å². The van der Waals surface area contributed by atoms with Crippen molar-refractivity contribution >= 4 is 0 Å². The summed E-state index contributed by atoms with van der Waals surface area (Å²) in [6.07, 6.45) is 0. The van der Waals surface area contributed by atoms with Gasteiger partial charge >= 0.3 is 5.69 Å². The quantitative estimate of drug-likeness (QED) is 0.686. The van der Waals surface area contributed by atoms with Crippen LogP contribution in [-0.4, -0.2) is 25.2 Å². The van der Waals surface area contributed by atoms with E-state index in [0.29, 0.717) is 5.69 Å². The predicted octanol–water partition coefficient (Wildman–Crippen LogP) is -0.0326. The molecule has 1 N–H and O–H groups in total. The van der Waals surface area contributed by atoms with Crippen LogP contribution in [0.2, 0.25) is 0 Å². The smallest absolute Gasteiger partial charge is 0.256 e. The molecule has 0 unspecified atom stereocenters. The maximum atomic E-state index is 11.2. The van der Waals surface area contributed by atoms with Gasteiger partial charge in [-0.1, -0.05) is 0 Å². The number of hydrogen-bond acceptors (Lipinski definition) is 4. The first-order valence-corrected chi connectivity index (χ1v) is 4.13. The van der Waals surface area contributed by atoms with Gasteiger partial charge in [0.2, 0.25) is 0 Å². The molecule has 2 aromatic rings. The van der Waals surface area contributed by atoms with Gasteiger partial charge in [0.15, 0.2) is 0 Å². The van der Waals surface area contributed by atoms with Crippen molar-refractivity contribution in [2.45, 2.75) is 13.8 Å². The fourth-order valence-electron chi connectivity index (χ4n) is 1.26. The molecule has 14 heavy (non-hydrogen) atoms. The Morgan fingerprint density at radius 2 is 2.14 bits per heavy atom. The van der Waals surface area contributed by atoms with Crippen LogP contribution in [-0.2, 0) is 0 Å². The molecule has 0 saturated heterocycles.